The Morgan fingerprint density at radius 2 is 1.39 bits per heavy atom. The van der Waals surface area contributed by atoms with Crippen LogP contribution in [0.4, 0.5) is 11.4 Å². The Hall–Kier alpha value is -3.85. The van der Waals surface area contributed by atoms with Crippen molar-refractivity contribution in [1.82, 2.24) is 0 Å². The summed E-state index contributed by atoms with van der Waals surface area (Å²) >= 11 is 1.28. The van der Waals surface area contributed by atoms with Crippen molar-refractivity contribution in [3.8, 4) is 23.0 Å². The van der Waals surface area contributed by atoms with Crippen molar-refractivity contribution in [2.24, 2.45) is 0 Å². The Labute approximate surface area is 196 Å². The second-order valence-corrected chi connectivity index (χ2v) is 7.59. The average Bonchev–Trinajstić information content (AvgIpc) is 2.85. The number of nitro groups is 1. The van der Waals surface area contributed by atoms with Gasteiger partial charge in [-0.2, -0.15) is 0 Å². The molecule has 0 radical (unpaired) electrons. The SMILES string of the molecule is COc1ccc(SNc2ccc(/C=C\c3cc(OC)c(OC)c(OC)c3)cc2)cc1[N+](=O)[O-]. The summed E-state index contributed by atoms with van der Waals surface area (Å²) in [6, 6.07) is 16.4. The maximum atomic E-state index is 11.2. The minimum Gasteiger partial charge on any atom is -0.493 e. The third kappa shape index (κ3) is 5.89. The summed E-state index contributed by atoms with van der Waals surface area (Å²) in [6.07, 6.45) is 3.93. The molecule has 0 aliphatic rings. The van der Waals surface area contributed by atoms with Crippen LogP contribution >= 0.6 is 11.9 Å². The quantitative estimate of drug-likeness (QED) is 0.170. The van der Waals surface area contributed by atoms with Crippen LogP contribution in [0.2, 0.25) is 0 Å². The number of methoxy groups -OCH3 is 4. The molecule has 0 aliphatic heterocycles. The van der Waals surface area contributed by atoms with E-state index in [9.17, 15) is 10.1 Å². The lowest BCUT2D eigenvalue weighted by atomic mass is 10.1. The highest BCUT2D eigenvalue weighted by Gasteiger charge is 2.15. The summed E-state index contributed by atoms with van der Waals surface area (Å²) in [4.78, 5) is 11.4. The maximum absolute atomic E-state index is 11.2. The normalized spacial score (nSPS) is 10.7. The predicted octanol–water partition coefficient (Wildman–Crippen LogP) is 5.92. The number of ether oxygens (including phenoxy) is 4. The van der Waals surface area contributed by atoms with Crippen molar-refractivity contribution in [1.29, 1.82) is 0 Å². The van der Waals surface area contributed by atoms with Crippen LogP contribution in [0.25, 0.3) is 12.2 Å². The fourth-order valence-electron chi connectivity index (χ4n) is 3.05. The molecule has 33 heavy (non-hydrogen) atoms. The van der Waals surface area contributed by atoms with Crippen LogP contribution in [0, 0.1) is 10.1 Å². The highest BCUT2D eigenvalue weighted by atomic mass is 32.2. The summed E-state index contributed by atoms with van der Waals surface area (Å²) in [5.74, 6) is 1.96. The zero-order valence-corrected chi connectivity index (χ0v) is 19.5. The van der Waals surface area contributed by atoms with Gasteiger partial charge in [0.2, 0.25) is 5.75 Å². The molecule has 0 spiro atoms. The second kappa shape index (κ2) is 11.1. The Morgan fingerprint density at radius 3 is 1.94 bits per heavy atom. The van der Waals surface area contributed by atoms with Crippen LogP contribution in [-0.2, 0) is 0 Å². The Morgan fingerprint density at radius 1 is 0.788 bits per heavy atom. The van der Waals surface area contributed by atoms with Gasteiger partial charge in [0, 0.05) is 16.6 Å². The minimum atomic E-state index is -0.460. The molecule has 0 saturated heterocycles. The molecule has 0 unspecified atom stereocenters. The van der Waals surface area contributed by atoms with Crippen molar-refractivity contribution in [2.75, 3.05) is 33.2 Å². The van der Waals surface area contributed by atoms with Crippen molar-refractivity contribution < 1.29 is 23.9 Å². The van der Waals surface area contributed by atoms with Crippen molar-refractivity contribution >= 4 is 35.5 Å². The first-order chi connectivity index (χ1) is 16.0. The highest BCUT2D eigenvalue weighted by Crippen LogP contribution is 2.38. The fourth-order valence-corrected chi connectivity index (χ4v) is 3.72. The monoisotopic (exact) mass is 468 g/mol. The highest BCUT2D eigenvalue weighted by molar-refractivity contribution is 8.00. The smallest absolute Gasteiger partial charge is 0.312 e. The van der Waals surface area contributed by atoms with Crippen LogP contribution in [0.5, 0.6) is 23.0 Å². The third-order valence-electron chi connectivity index (χ3n) is 4.70. The Kier molecular flexibility index (Phi) is 8.04. The van der Waals surface area contributed by atoms with Gasteiger partial charge in [0.05, 0.1) is 33.4 Å². The van der Waals surface area contributed by atoms with E-state index in [4.69, 9.17) is 18.9 Å². The molecule has 0 atom stereocenters. The summed E-state index contributed by atoms with van der Waals surface area (Å²) in [5, 5.41) is 11.2. The van der Waals surface area contributed by atoms with Crippen LogP contribution in [0.15, 0.2) is 59.5 Å². The van der Waals surface area contributed by atoms with Gasteiger partial charge in [0.25, 0.3) is 0 Å². The summed E-state index contributed by atoms with van der Waals surface area (Å²) in [6.45, 7) is 0. The lowest BCUT2D eigenvalue weighted by Crippen LogP contribution is -1.95. The van der Waals surface area contributed by atoms with Crippen LogP contribution in [-0.4, -0.2) is 33.4 Å². The van der Waals surface area contributed by atoms with E-state index in [1.54, 1.807) is 33.5 Å². The molecule has 0 heterocycles. The zero-order valence-electron chi connectivity index (χ0n) is 18.7. The molecule has 172 valence electrons. The lowest BCUT2D eigenvalue weighted by Gasteiger charge is -2.12. The molecule has 0 saturated carbocycles. The van der Waals surface area contributed by atoms with Gasteiger partial charge in [0.15, 0.2) is 17.2 Å². The van der Waals surface area contributed by atoms with E-state index in [1.807, 2.05) is 48.6 Å². The van der Waals surface area contributed by atoms with Gasteiger partial charge in [-0.1, -0.05) is 24.3 Å². The summed E-state index contributed by atoms with van der Waals surface area (Å²) < 4.78 is 24.4. The molecule has 8 nitrogen and oxygen atoms in total. The minimum absolute atomic E-state index is 0.0726. The largest absolute Gasteiger partial charge is 0.493 e. The number of nitrogens with zero attached hydrogens (tertiary/aromatic N) is 1. The van der Waals surface area contributed by atoms with Gasteiger partial charge in [-0.3, -0.25) is 10.1 Å². The third-order valence-corrected chi connectivity index (χ3v) is 5.53. The fraction of sp³-hybridized carbons (Fsp3) is 0.167. The first-order valence-electron chi connectivity index (χ1n) is 9.82. The number of nitro benzene ring substituents is 1. The van der Waals surface area contributed by atoms with E-state index in [-0.39, 0.29) is 11.4 Å². The molecule has 0 aliphatic carbocycles. The van der Waals surface area contributed by atoms with E-state index in [1.165, 1.54) is 25.1 Å². The molecule has 0 bridgehead atoms. The lowest BCUT2D eigenvalue weighted by molar-refractivity contribution is -0.386. The zero-order chi connectivity index (χ0) is 23.8. The van der Waals surface area contributed by atoms with E-state index < -0.39 is 4.92 Å². The number of hydrogen-bond acceptors (Lipinski definition) is 8. The molecule has 9 heteroatoms. The number of benzene rings is 3. The summed E-state index contributed by atoms with van der Waals surface area (Å²) in [7, 11) is 6.14. The average molecular weight is 469 g/mol. The Bertz CT molecular complexity index is 1120. The van der Waals surface area contributed by atoms with Gasteiger partial charge < -0.3 is 23.7 Å². The second-order valence-electron chi connectivity index (χ2n) is 6.71. The molecule has 3 aromatic carbocycles. The van der Waals surface area contributed by atoms with E-state index in [0.717, 1.165) is 16.8 Å². The van der Waals surface area contributed by atoms with Crippen LogP contribution in [0.1, 0.15) is 11.1 Å². The molecule has 3 aromatic rings. The first kappa shape index (κ1) is 23.8. The number of hydrogen-bond donors (Lipinski definition) is 1. The number of nitrogens with one attached hydrogen (secondary N) is 1. The summed E-state index contributed by atoms with van der Waals surface area (Å²) in [5.41, 5.74) is 2.70. The van der Waals surface area contributed by atoms with Crippen molar-refractivity contribution in [3.05, 3.63) is 75.8 Å². The van der Waals surface area contributed by atoms with Crippen LogP contribution < -0.4 is 23.7 Å². The molecule has 0 amide bonds. The van der Waals surface area contributed by atoms with Crippen molar-refractivity contribution in [2.45, 2.75) is 4.90 Å². The van der Waals surface area contributed by atoms with E-state index in [2.05, 4.69) is 4.72 Å². The van der Waals surface area contributed by atoms with Gasteiger partial charge in [-0.25, -0.2) is 0 Å². The van der Waals surface area contributed by atoms with E-state index >= 15 is 0 Å². The maximum Gasteiger partial charge on any atom is 0.312 e. The molecular weight excluding hydrogens is 444 g/mol. The number of rotatable bonds is 10. The molecule has 0 fully saturated rings. The standard InChI is InChI=1S/C24H24N2O6S/c1-29-21-12-11-19(15-20(21)26(27)28)33-25-18-9-7-16(8-10-18)5-6-17-13-22(30-2)24(32-4)23(14-17)31-3/h5-15,25H,1-4H3/b6-5-. The van der Waals surface area contributed by atoms with Gasteiger partial charge in [-0.05, 0) is 59.5 Å². The van der Waals surface area contributed by atoms with Gasteiger partial charge in [0.1, 0.15) is 0 Å². The molecular formula is C24H24N2O6S. The topological polar surface area (TPSA) is 92.1 Å². The predicted molar refractivity (Wildman–Crippen MR) is 131 cm³/mol. The Balaban J connectivity index is 1.68. The molecule has 0 aromatic heterocycles. The van der Waals surface area contributed by atoms with Crippen molar-refractivity contribution in [3.63, 3.8) is 0 Å². The van der Waals surface area contributed by atoms with E-state index in [0.29, 0.717) is 22.1 Å². The molecule has 3 rings (SSSR count). The first-order valence-corrected chi connectivity index (χ1v) is 10.6. The van der Waals surface area contributed by atoms with Crippen LogP contribution in [0.3, 0.4) is 0 Å². The van der Waals surface area contributed by atoms with Gasteiger partial charge >= 0.3 is 5.69 Å². The molecule has 1 N–H and O–H groups in total. The number of anilines is 1. The van der Waals surface area contributed by atoms with Gasteiger partial charge in [-0.15, -0.1) is 0 Å².